The van der Waals surface area contributed by atoms with Crippen LogP contribution in [0.1, 0.15) is 46.2 Å². The van der Waals surface area contributed by atoms with Crippen LogP contribution in [0.2, 0.25) is 0 Å². The van der Waals surface area contributed by atoms with E-state index in [0.717, 1.165) is 0 Å². The predicted molar refractivity (Wildman–Crippen MR) is 113 cm³/mol. The van der Waals surface area contributed by atoms with E-state index in [1.54, 1.807) is 27.0 Å². The van der Waals surface area contributed by atoms with Crippen molar-refractivity contribution < 1.29 is 32.2 Å². The van der Waals surface area contributed by atoms with Crippen molar-refractivity contribution in [3.8, 4) is 5.75 Å². The third-order valence-corrected chi connectivity index (χ3v) is 4.86. The molecule has 9 nitrogen and oxygen atoms in total. The van der Waals surface area contributed by atoms with Gasteiger partial charge in [-0.15, -0.1) is 0 Å². The molecule has 3 aromatic rings. The normalized spacial score (nSPS) is 11.6. The molecule has 0 aliphatic rings. The van der Waals surface area contributed by atoms with Crippen LogP contribution in [0.25, 0.3) is 11.0 Å². The third kappa shape index (κ3) is 4.94. The Balaban J connectivity index is 2.14. The maximum Gasteiger partial charge on any atom is 0.422 e. The fourth-order valence-corrected chi connectivity index (χ4v) is 3.47. The first-order chi connectivity index (χ1) is 15.5. The Kier molecular flexibility index (Phi) is 6.65. The van der Waals surface area contributed by atoms with Crippen LogP contribution >= 0.6 is 0 Å². The van der Waals surface area contributed by atoms with Gasteiger partial charge >= 0.3 is 12.1 Å². The summed E-state index contributed by atoms with van der Waals surface area (Å²) >= 11 is 0. The zero-order chi connectivity index (χ0) is 24.5. The Labute approximate surface area is 187 Å². The quantitative estimate of drug-likeness (QED) is 0.534. The Bertz CT molecular complexity index is 1210. The lowest BCUT2D eigenvalue weighted by Crippen LogP contribution is -2.20. The summed E-state index contributed by atoms with van der Waals surface area (Å²) in [5, 5.41) is 7.02. The first-order valence-electron chi connectivity index (χ1n) is 10.2. The van der Waals surface area contributed by atoms with Gasteiger partial charge in [-0.25, -0.2) is 9.78 Å². The van der Waals surface area contributed by atoms with Crippen LogP contribution in [0.3, 0.4) is 0 Å². The van der Waals surface area contributed by atoms with Crippen molar-refractivity contribution in [2.75, 3.05) is 18.5 Å². The summed E-state index contributed by atoms with van der Waals surface area (Å²) in [6.07, 6.45) is -4.21. The van der Waals surface area contributed by atoms with Crippen molar-refractivity contribution in [3.05, 3.63) is 34.9 Å². The molecule has 0 atom stereocenters. The van der Waals surface area contributed by atoms with Crippen LogP contribution in [-0.2, 0) is 25.3 Å². The van der Waals surface area contributed by atoms with Crippen molar-refractivity contribution in [1.82, 2.24) is 19.3 Å². The molecule has 0 unspecified atom stereocenters. The standard InChI is InChI=1S/C21H24F3N5O4/c1-6-13-14(26-19(30)15-8-11(3)27-29(15)5)9-12-17(33-10-21(22,23)24)16(20(31)32-7-2)28(4)18(12)25-13/h8-9H,6-7,10H2,1-5H3,(H,26,30). The molecule has 0 spiro atoms. The number of alkyl halides is 3. The molecule has 1 N–H and O–H groups in total. The fourth-order valence-electron chi connectivity index (χ4n) is 3.47. The number of rotatable bonds is 7. The molecule has 3 rings (SSSR count). The van der Waals surface area contributed by atoms with E-state index in [4.69, 9.17) is 9.47 Å². The van der Waals surface area contributed by atoms with Gasteiger partial charge in [-0.3, -0.25) is 9.48 Å². The molecule has 3 aromatic heterocycles. The number of hydrogen-bond donors (Lipinski definition) is 1. The molecule has 178 valence electrons. The molecule has 3 heterocycles. The molecule has 0 aliphatic carbocycles. The zero-order valence-corrected chi connectivity index (χ0v) is 18.8. The molecule has 0 aliphatic heterocycles. The van der Waals surface area contributed by atoms with Gasteiger partial charge < -0.3 is 19.4 Å². The SMILES string of the molecule is CCOC(=O)c1c(OCC(F)(F)F)c2cc(NC(=O)c3cc(C)nn3C)c(CC)nc2n1C. The summed E-state index contributed by atoms with van der Waals surface area (Å²) in [5.41, 5.74) is 1.73. The number of carbonyl (C=O) groups is 2. The van der Waals surface area contributed by atoms with Crippen LogP contribution < -0.4 is 10.1 Å². The monoisotopic (exact) mass is 467 g/mol. The van der Waals surface area contributed by atoms with Crippen LogP contribution in [-0.4, -0.2) is 50.6 Å². The number of hydrogen-bond acceptors (Lipinski definition) is 6. The average Bonchev–Trinajstić information content (AvgIpc) is 3.20. The summed E-state index contributed by atoms with van der Waals surface area (Å²) in [4.78, 5) is 29.8. The Morgan fingerprint density at radius 2 is 1.88 bits per heavy atom. The smallest absolute Gasteiger partial charge is 0.422 e. The number of aromatic nitrogens is 4. The van der Waals surface area contributed by atoms with Crippen molar-refractivity contribution in [3.63, 3.8) is 0 Å². The lowest BCUT2D eigenvalue weighted by Gasteiger charge is -2.12. The Morgan fingerprint density at radius 1 is 1.18 bits per heavy atom. The van der Waals surface area contributed by atoms with E-state index in [1.165, 1.54) is 22.4 Å². The molecule has 33 heavy (non-hydrogen) atoms. The summed E-state index contributed by atoms with van der Waals surface area (Å²) in [7, 11) is 3.11. The summed E-state index contributed by atoms with van der Waals surface area (Å²) in [6, 6.07) is 3.06. The maximum atomic E-state index is 12.9. The van der Waals surface area contributed by atoms with E-state index in [9.17, 15) is 22.8 Å². The number of nitrogens with one attached hydrogen (secondary N) is 1. The average molecular weight is 467 g/mol. The highest BCUT2D eigenvalue weighted by molar-refractivity contribution is 6.06. The molecule has 1 amide bonds. The van der Waals surface area contributed by atoms with Crippen molar-refractivity contribution in [2.45, 2.75) is 33.4 Å². The van der Waals surface area contributed by atoms with Gasteiger partial charge in [-0.2, -0.15) is 18.3 Å². The number of fused-ring (bicyclic) bond motifs is 1. The number of halogens is 3. The van der Waals surface area contributed by atoms with E-state index in [-0.39, 0.29) is 34.8 Å². The minimum Gasteiger partial charge on any atom is -0.481 e. The van der Waals surface area contributed by atoms with Gasteiger partial charge in [-0.1, -0.05) is 6.92 Å². The maximum absolute atomic E-state index is 12.9. The van der Waals surface area contributed by atoms with Crippen molar-refractivity contribution >= 4 is 28.6 Å². The van der Waals surface area contributed by atoms with Gasteiger partial charge in [0.25, 0.3) is 5.91 Å². The Morgan fingerprint density at radius 3 is 2.42 bits per heavy atom. The van der Waals surface area contributed by atoms with E-state index < -0.39 is 24.7 Å². The van der Waals surface area contributed by atoms with Gasteiger partial charge in [0, 0.05) is 14.1 Å². The Hall–Kier alpha value is -3.57. The lowest BCUT2D eigenvalue weighted by molar-refractivity contribution is -0.153. The number of aryl methyl sites for hydroxylation is 4. The largest absolute Gasteiger partial charge is 0.481 e. The van der Waals surface area contributed by atoms with Gasteiger partial charge in [0.2, 0.25) is 0 Å². The predicted octanol–water partition coefficient (Wildman–Crippen LogP) is 3.55. The topological polar surface area (TPSA) is 100 Å². The van der Waals surface area contributed by atoms with Crippen molar-refractivity contribution in [1.29, 1.82) is 0 Å². The van der Waals surface area contributed by atoms with Gasteiger partial charge in [0.1, 0.15) is 11.3 Å². The number of amides is 1. The van der Waals surface area contributed by atoms with Crippen LogP contribution in [0.5, 0.6) is 5.75 Å². The second kappa shape index (κ2) is 9.12. The fraction of sp³-hybridized carbons (Fsp3) is 0.429. The summed E-state index contributed by atoms with van der Waals surface area (Å²) in [6.45, 7) is 3.56. The van der Waals surface area contributed by atoms with E-state index in [2.05, 4.69) is 15.4 Å². The zero-order valence-electron chi connectivity index (χ0n) is 18.8. The molecule has 0 bridgehead atoms. The number of anilines is 1. The number of esters is 1. The number of ether oxygens (including phenoxy) is 2. The van der Waals surface area contributed by atoms with Crippen LogP contribution in [0.15, 0.2) is 12.1 Å². The highest BCUT2D eigenvalue weighted by Crippen LogP contribution is 2.36. The molecule has 0 fully saturated rings. The van der Waals surface area contributed by atoms with Crippen LogP contribution in [0.4, 0.5) is 18.9 Å². The van der Waals surface area contributed by atoms with Gasteiger partial charge in [0.15, 0.2) is 18.1 Å². The highest BCUT2D eigenvalue weighted by atomic mass is 19.4. The molecule has 12 heteroatoms. The van der Waals surface area contributed by atoms with Crippen molar-refractivity contribution in [2.24, 2.45) is 14.1 Å². The first kappa shape index (κ1) is 24.1. The van der Waals surface area contributed by atoms with Gasteiger partial charge in [-0.05, 0) is 32.4 Å². The first-order valence-corrected chi connectivity index (χ1v) is 10.2. The second-order valence-corrected chi connectivity index (χ2v) is 7.32. The number of carbonyl (C=O) groups excluding carboxylic acids is 2. The van der Waals surface area contributed by atoms with E-state index in [1.807, 2.05) is 6.92 Å². The van der Waals surface area contributed by atoms with Gasteiger partial charge in [0.05, 0.1) is 29.1 Å². The number of pyridine rings is 1. The molecule has 0 radical (unpaired) electrons. The molecular weight excluding hydrogens is 443 g/mol. The second-order valence-electron chi connectivity index (χ2n) is 7.32. The molecule has 0 aromatic carbocycles. The van der Waals surface area contributed by atoms with E-state index in [0.29, 0.717) is 23.5 Å². The molecule has 0 saturated heterocycles. The molecular formula is C21H24F3N5O4. The molecule has 0 saturated carbocycles. The number of nitrogens with zero attached hydrogens (tertiary/aromatic N) is 4. The third-order valence-electron chi connectivity index (χ3n) is 4.86. The lowest BCUT2D eigenvalue weighted by atomic mass is 10.2. The van der Waals surface area contributed by atoms with Crippen LogP contribution in [0, 0.1) is 6.92 Å². The minimum absolute atomic E-state index is 0.0259. The minimum atomic E-state index is -4.63. The highest BCUT2D eigenvalue weighted by Gasteiger charge is 2.32. The summed E-state index contributed by atoms with van der Waals surface area (Å²) < 4.78 is 51.5. The summed E-state index contributed by atoms with van der Waals surface area (Å²) in [5.74, 6) is -1.62. The van der Waals surface area contributed by atoms with E-state index >= 15 is 0 Å².